The van der Waals surface area contributed by atoms with Crippen LogP contribution in [0.15, 0.2) is 18.2 Å². The average molecular weight is 276 g/mol. The summed E-state index contributed by atoms with van der Waals surface area (Å²) in [6.07, 6.45) is 2.65. The van der Waals surface area contributed by atoms with Gasteiger partial charge in [-0.25, -0.2) is 4.98 Å². The number of rotatable bonds is 7. The molecule has 2 rings (SSSR count). The highest BCUT2D eigenvalue weighted by Crippen LogP contribution is 2.19. The predicted molar refractivity (Wildman–Crippen MR) is 85.2 cm³/mol. The van der Waals surface area contributed by atoms with E-state index < -0.39 is 0 Å². The van der Waals surface area contributed by atoms with Crippen LogP contribution in [0.3, 0.4) is 0 Å². The fourth-order valence-corrected chi connectivity index (χ4v) is 2.96. The van der Waals surface area contributed by atoms with Gasteiger partial charge in [0.25, 0.3) is 0 Å². The SMILES string of the molecule is CCNCc1cccc(N(C)CC2CCCN2CC)n1. The number of pyridine rings is 1. The molecule has 1 unspecified atom stereocenters. The van der Waals surface area contributed by atoms with Gasteiger partial charge in [0.2, 0.25) is 0 Å². The predicted octanol–water partition coefficient (Wildman–Crippen LogP) is 2.11. The van der Waals surface area contributed by atoms with Crippen LogP contribution in [0, 0.1) is 0 Å². The summed E-state index contributed by atoms with van der Waals surface area (Å²) in [5.74, 6) is 1.09. The van der Waals surface area contributed by atoms with E-state index in [-0.39, 0.29) is 0 Å². The van der Waals surface area contributed by atoms with E-state index in [0.29, 0.717) is 6.04 Å². The van der Waals surface area contributed by atoms with Crippen LogP contribution in [0.4, 0.5) is 5.82 Å². The van der Waals surface area contributed by atoms with E-state index in [0.717, 1.165) is 37.7 Å². The van der Waals surface area contributed by atoms with Gasteiger partial charge in [-0.1, -0.05) is 19.9 Å². The second kappa shape index (κ2) is 7.60. The molecule has 0 saturated carbocycles. The number of nitrogens with zero attached hydrogens (tertiary/aromatic N) is 3. The summed E-state index contributed by atoms with van der Waals surface area (Å²) in [6.45, 7) is 9.70. The van der Waals surface area contributed by atoms with Crippen molar-refractivity contribution in [2.45, 2.75) is 39.3 Å². The molecule has 1 saturated heterocycles. The smallest absolute Gasteiger partial charge is 0.128 e. The molecule has 0 aromatic carbocycles. The van der Waals surface area contributed by atoms with E-state index >= 15 is 0 Å². The first-order valence-electron chi connectivity index (χ1n) is 7.86. The lowest BCUT2D eigenvalue weighted by Gasteiger charge is -2.28. The maximum atomic E-state index is 4.75. The second-order valence-electron chi connectivity index (χ2n) is 5.57. The lowest BCUT2D eigenvalue weighted by atomic mass is 10.2. The minimum absolute atomic E-state index is 0.684. The van der Waals surface area contributed by atoms with Crippen LogP contribution in [0.5, 0.6) is 0 Å². The van der Waals surface area contributed by atoms with Gasteiger partial charge in [-0.2, -0.15) is 0 Å². The molecule has 1 atom stereocenters. The van der Waals surface area contributed by atoms with E-state index in [1.165, 1.54) is 19.4 Å². The fourth-order valence-electron chi connectivity index (χ4n) is 2.96. The number of aromatic nitrogens is 1. The fraction of sp³-hybridized carbons (Fsp3) is 0.688. The van der Waals surface area contributed by atoms with Crippen LogP contribution in [0.25, 0.3) is 0 Å². The number of likely N-dealkylation sites (tertiary alicyclic amines) is 1. The van der Waals surface area contributed by atoms with Crippen molar-refractivity contribution in [3.05, 3.63) is 23.9 Å². The van der Waals surface area contributed by atoms with Crippen LogP contribution in [0.2, 0.25) is 0 Å². The molecule has 0 amide bonds. The lowest BCUT2D eigenvalue weighted by Crippen LogP contribution is -2.39. The zero-order valence-corrected chi connectivity index (χ0v) is 13.1. The van der Waals surface area contributed by atoms with Crippen molar-refractivity contribution in [1.82, 2.24) is 15.2 Å². The molecule has 1 aliphatic heterocycles. The van der Waals surface area contributed by atoms with Gasteiger partial charge >= 0.3 is 0 Å². The molecule has 1 aromatic heterocycles. The van der Waals surface area contributed by atoms with E-state index in [4.69, 9.17) is 4.98 Å². The molecule has 0 radical (unpaired) electrons. The molecule has 112 valence electrons. The van der Waals surface area contributed by atoms with Crippen molar-refractivity contribution in [2.24, 2.45) is 0 Å². The Morgan fingerprint density at radius 2 is 2.25 bits per heavy atom. The lowest BCUT2D eigenvalue weighted by molar-refractivity contribution is 0.270. The Bertz CT molecular complexity index is 407. The molecule has 0 aliphatic carbocycles. The third kappa shape index (κ3) is 3.93. The van der Waals surface area contributed by atoms with Crippen LogP contribution < -0.4 is 10.2 Å². The highest BCUT2D eigenvalue weighted by Gasteiger charge is 2.24. The number of hydrogen-bond acceptors (Lipinski definition) is 4. The highest BCUT2D eigenvalue weighted by molar-refractivity contribution is 5.38. The quantitative estimate of drug-likeness (QED) is 0.826. The Morgan fingerprint density at radius 3 is 3.00 bits per heavy atom. The Hall–Kier alpha value is -1.13. The molecule has 0 spiro atoms. The third-order valence-electron chi connectivity index (χ3n) is 4.13. The van der Waals surface area contributed by atoms with Crippen LogP contribution >= 0.6 is 0 Å². The number of anilines is 1. The first-order valence-corrected chi connectivity index (χ1v) is 7.86. The van der Waals surface area contributed by atoms with E-state index in [1.54, 1.807) is 0 Å². The summed E-state index contributed by atoms with van der Waals surface area (Å²) in [5.41, 5.74) is 1.12. The van der Waals surface area contributed by atoms with Crippen LogP contribution in [-0.4, -0.2) is 49.2 Å². The molecule has 2 heterocycles. The van der Waals surface area contributed by atoms with Crippen LogP contribution in [0.1, 0.15) is 32.4 Å². The van der Waals surface area contributed by atoms with Gasteiger partial charge in [0, 0.05) is 26.2 Å². The summed E-state index contributed by atoms with van der Waals surface area (Å²) >= 11 is 0. The average Bonchev–Trinajstić information content (AvgIpc) is 2.92. The van der Waals surface area contributed by atoms with Crippen molar-refractivity contribution in [1.29, 1.82) is 0 Å². The van der Waals surface area contributed by atoms with Gasteiger partial charge in [0.15, 0.2) is 0 Å². The Morgan fingerprint density at radius 1 is 1.40 bits per heavy atom. The van der Waals surface area contributed by atoms with Crippen LogP contribution in [-0.2, 0) is 6.54 Å². The first-order chi connectivity index (χ1) is 9.74. The summed E-state index contributed by atoms with van der Waals surface area (Å²) in [5, 5.41) is 3.33. The van der Waals surface area contributed by atoms with E-state index in [9.17, 15) is 0 Å². The van der Waals surface area contributed by atoms with Gasteiger partial charge in [-0.15, -0.1) is 0 Å². The van der Waals surface area contributed by atoms with Crippen molar-refractivity contribution in [3.8, 4) is 0 Å². The van der Waals surface area contributed by atoms with E-state index in [2.05, 4.69) is 54.2 Å². The topological polar surface area (TPSA) is 31.4 Å². The standard InChI is InChI=1S/C16H28N4/c1-4-17-12-14-8-6-10-16(18-14)19(3)13-15-9-7-11-20(15)5-2/h6,8,10,15,17H,4-5,7,9,11-13H2,1-3H3. The molecule has 1 N–H and O–H groups in total. The Kier molecular flexibility index (Phi) is 5.80. The zero-order valence-electron chi connectivity index (χ0n) is 13.1. The zero-order chi connectivity index (χ0) is 14.4. The third-order valence-corrected chi connectivity index (χ3v) is 4.13. The molecule has 1 aromatic rings. The molecule has 20 heavy (non-hydrogen) atoms. The summed E-state index contributed by atoms with van der Waals surface area (Å²) in [4.78, 5) is 9.63. The molecule has 1 fully saturated rings. The van der Waals surface area contributed by atoms with Crippen molar-refractivity contribution < 1.29 is 0 Å². The van der Waals surface area contributed by atoms with Gasteiger partial charge in [0.05, 0.1) is 5.69 Å². The number of hydrogen-bond donors (Lipinski definition) is 1. The maximum absolute atomic E-state index is 4.75. The van der Waals surface area contributed by atoms with Crippen molar-refractivity contribution in [3.63, 3.8) is 0 Å². The van der Waals surface area contributed by atoms with Crippen molar-refractivity contribution >= 4 is 5.82 Å². The minimum atomic E-state index is 0.684. The number of nitrogens with one attached hydrogen (secondary N) is 1. The van der Waals surface area contributed by atoms with Crippen molar-refractivity contribution in [2.75, 3.05) is 38.1 Å². The highest BCUT2D eigenvalue weighted by atomic mass is 15.2. The minimum Gasteiger partial charge on any atom is -0.358 e. The molecule has 4 heteroatoms. The Labute approximate surface area is 123 Å². The molecule has 0 bridgehead atoms. The summed E-state index contributed by atoms with van der Waals surface area (Å²) in [7, 11) is 2.16. The number of likely N-dealkylation sites (N-methyl/N-ethyl adjacent to an activating group) is 2. The van der Waals surface area contributed by atoms with Gasteiger partial charge in [-0.05, 0) is 44.6 Å². The Balaban J connectivity index is 1.96. The van der Waals surface area contributed by atoms with Gasteiger partial charge < -0.3 is 10.2 Å². The first kappa shape index (κ1) is 15.3. The summed E-state index contributed by atoms with van der Waals surface area (Å²) in [6, 6.07) is 7.00. The van der Waals surface area contributed by atoms with Gasteiger partial charge in [-0.3, -0.25) is 4.90 Å². The monoisotopic (exact) mass is 276 g/mol. The second-order valence-corrected chi connectivity index (χ2v) is 5.57. The van der Waals surface area contributed by atoms with E-state index in [1.807, 2.05) is 0 Å². The molecular formula is C16H28N4. The molecular weight excluding hydrogens is 248 g/mol. The molecule has 1 aliphatic rings. The largest absolute Gasteiger partial charge is 0.358 e. The summed E-state index contributed by atoms with van der Waals surface area (Å²) < 4.78 is 0. The van der Waals surface area contributed by atoms with Gasteiger partial charge in [0.1, 0.15) is 5.82 Å². The molecule has 4 nitrogen and oxygen atoms in total. The normalized spacial score (nSPS) is 19.4. The maximum Gasteiger partial charge on any atom is 0.128 e.